The summed E-state index contributed by atoms with van der Waals surface area (Å²) in [4.78, 5) is 0. The zero-order chi connectivity index (χ0) is 36.6. The van der Waals surface area contributed by atoms with Crippen LogP contribution >= 0.6 is 23.5 Å². The number of hydrogen-bond acceptors (Lipinski definition) is 12. The van der Waals surface area contributed by atoms with Crippen LogP contribution in [0.3, 0.4) is 0 Å². The Morgan fingerprint density at radius 2 is 0.843 bits per heavy atom. The van der Waals surface area contributed by atoms with Crippen molar-refractivity contribution in [3.8, 4) is 28.7 Å². The molecule has 0 heterocycles. The molecule has 0 bridgehead atoms. The highest BCUT2D eigenvalue weighted by Gasteiger charge is 2.33. The minimum absolute atomic E-state index is 0.0240. The van der Waals surface area contributed by atoms with Crippen molar-refractivity contribution in [3.63, 3.8) is 0 Å². The Balaban J connectivity index is 1.67. The summed E-state index contributed by atoms with van der Waals surface area (Å²) in [5.74, 6) is 0.665. The van der Waals surface area contributed by atoms with Gasteiger partial charge in [-0.3, -0.25) is 18.1 Å². The summed E-state index contributed by atoms with van der Waals surface area (Å²) in [5.41, 5.74) is 1.16. The average molecular weight is 755 g/mol. The molecule has 3 atom stereocenters. The Morgan fingerprint density at radius 1 is 0.471 bits per heavy atom. The van der Waals surface area contributed by atoms with Gasteiger partial charge in [0.05, 0.1) is 19.8 Å². The molecule has 0 saturated carbocycles. The van der Waals surface area contributed by atoms with E-state index in [9.17, 15) is 13.7 Å². The lowest BCUT2D eigenvalue weighted by molar-refractivity contribution is 0.195. The quantitative estimate of drug-likeness (QED) is 0.0429. The lowest BCUT2D eigenvalue weighted by Crippen LogP contribution is -2.07. The molecule has 0 amide bonds. The summed E-state index contributed by atoms with van der Waals surface area (Å²) in [7, 11) is -11.2. The molecule has 0 saturated heterocycles. The van der Waals surface area contributed by atoms with Gasteiger partial charge in [-0.25, -0.2) is 13.7 Å². The van der Waals surface area contributed by atoms with Crippen LogP contribution in [0.2, 0.25) is 0 Å². The average Bonchev–Trinajstić information content (AvgIpc) is 3.12. The lowest BCUT2D eigenvalue weighted by Gasteiger charge is -2.21. The molecular weight excluding hydrogens is 717 g/mol. The van der Waals surface area contributed by atoms with E-state index in [-0.39, 0.29) is 48.6 Å². The Hall–Kier alpha value is -4.63. The van der Waals surface area contributed by atoms with E-state index in [1.54, 1.807) is 109 Å². The summed E-state index contributed by atoms with van der Waals surface area (Å²) < 4.78 is 89.8. The summed E-state index contributed by atoms with van der Waals surface area (Å²) in [6.45, 7) is 10.4. The molecular formula is C36H37O12P3. The van der Waals surface area contributed by atoms with Gasteiger partial charge in [-0.15, -0.1) is 19.7 Å². The van der Waals surface area contributed by atoms with Gasteiger partial charge in [0.25, 0.3) is 0 Å². The van der Waals surface area contributed by atoms with Crippen LogP contribution in [-0.2, 0) is 31.8 Å². The van der Waals surface area contributed by atoms with Crippen molar-refractivity contribution in [2.45, 2.75) is 0 Å². The van der Waals surface area contributed by atoms with E-state index in [1.807, 2.05) is 0 Å². The normalized spacial score (nSPS) is 14.6. The number of phosphoric acid groups is 3. The maximum Gasteiger partial charge on any atom is 0.587 e. The number of hydrogen-bond donors (Lipinski definition) is 0. The van der Waals surface area contributed by atoms with Crippen molar-refractivity contribution in [2.75, 3.05) is 26.9 Å². The van der Waals surface area contributed by atoms with Gasteiger partial charge < -0.3 is 22.6 Å². The molecule has 268 valence electrons. The van der Waals surface area contributed by atoms with Gasteiger partial charge in [0, 0.05) is 13.2 Å². The van der Waals surface area contributed by atoms with Gasteiger partial charge >= 0.3 is 23.5 Å². The third-order valence-electron chi connectivity index (χ3n) is 6.10. The van der Waals surface area contributed by atoms with E-state index < -0.39 is 23.5 Å². The monoisotopic (exact) mass is 754 g/mol. The molecule has 12 nitrogen and oxygen atoms in total. The zero-order valence-corrected chi connectivity index (χ0v) is 30.4. The van der Waals surface area contributed by atoms with Crippen LogP contribution < -0.4 is 22.6 Å². The van der Waals surface area contributed by atoms with Crippen molar-refractivity contribution in [3.05, 3.63) is 152 Å². The third kappa shape index (κ3) is 12.9. The maximum atomic E-state index is 13.8. The summed E-state index contributed by atoms with van der Waals surface area (Å²) in [6, 6.07) is 27.7. The van der Waals surface area contributed by atoms with Gasteiger partial charge in [-0.2, -0.15) is 0 Å². The van der Waals surface area contributed by atoms with Crippen LogP contribution in [0.25, 0.3) is 12.2 Å². The standard InChI is InChI=1S/C36H37O12P3/c1-5-24-41-49(37,40-4)44-34-22-20-30(21-23-34)18-19-31-27-35(47-50(38,42-25-6-2)45-32-14-10-8-11-15-32)29-36(28-31)48-51(39,43-26-7-3)46-33-16-12-9-13-17-33/h5-23,27-29H,1-3,24-26H2,4H3/b19-18+. The molecule has 0 N–H and O–H groups in total. The molecule has 0 fully saturated rings. The second-order valence-electron chi connectivity index (χ2n) is 10.0. The van der Waals surface area contributed by atoms with Gasteiger partial charge in [0.15, 0.2) is 0 Å². The molecule has 3 unspecified atom stereocenters. The fourth-order valence-corrected chi connectivity index (χ4v) is 7.18. The van der Waals surface area contributed by atoms with Gasteiger partial charge in [-0.05, 0) is 59.7 Å². The van der Waals surface area contributed by atoms with Crippen molar-refractivity contribution >= 4 is 35.6 Å². The van der Waals surface area contributed by atoms with Gasteiger partial charge in [0.1, 0.15) is 28.7 Å². The second-order valence-corrected chi connectivity index (χ2v) is 14.7. The summed E-state index contributed by atoms with van der Waals surface area (Å²) >= 11 is 0. The first-order valence-electron chi connectivity index (χ1n) is 15.2. The van der Waals surface area contributed by atoms with Crippen molar-refractivity contribution in [1.29, 1.82) is 0 Å². The van der Waals surface area contributed by atoms with E-state index in [2.05, 4.69) is 19.7 Å². The minimum atomic E-state index is -4.31. The topological polar surface area (TPSA) is 134 Å². The number of benzene rings is 4. The van der Waals surface area contributed by atoms with E-state index in [4.69, 9.17) is 40.7 Å². The molecule has 0 aliphatic heterocycles. The minimum Gasteiger partial charge on any atom is -0.404 e. The molecule has 4 rings (SSSR count). The number of para-hydroxylation sites is 2. The molecule has 0 radical (unpaired) electrons. The van der Waals surface area contributed by atoms with E-state index in [1.165, 1.54) is 31.4 Å². The SMILES string of the molecule is C=CCOP(=O)(OC)Oc1ccc(/C=C/c2cc(OP(=O)(OCC=C)Oc3ccccc3)cc(OP(=O)(OCC=C)Oc3ccccc3)c2)cc1. The van der Waals surface area contributed by atoms with Crippen molar-refractivity contribution in [2.24, 2.45) is 0 Å². The van der Waals surface area contributed by atoms with Crippen molar-refractivity contribution in [1.82, 2.24) is 0 Å². The maximum absolute atomic E-state index is 13.8. The molecule has 0 aromatic heterocycles. The molecule has 0 aliphatic carbocycles. The largest absolute Gasteiger partial charge is 0.587 e. The predicted octanol–water partition coefficient (Wildman–Crippen LogP) is 10.7. The summed E-state index contributed by atoms with van der Waals surface area (Å²) in [5, 5.41) is 0. The van der Waals surface area contributed by atoms with Crippen LogP contribution in [-0.4, -0.2) is 26.9 Å². The highest BCUT2D eigenvalue weighted by atomic mass is 31.2. The number of rotatable bonds is 22. The van der Waals surface area contributed by atoms with E-state index in [0.717, 1.165) is 0 Å². The first-order chi connectivity index (χ1) is 24.6. The first-order valence-corrected chi connectivity index (χ1v) is 19.6. The predicted molar refractivity (Wildman–Crippen MR) is 196 cm³/mol. The molecule has 0 aliphatic rings. The highest BCUT2D eigenvalue weighted by Crippen LogP contribution is 2.53. The Bertz CT molecular complexity index is 1820. The van der Waals surface area contributed by atoms with Crippen LogP contribution in [0, 0.1) is 0 Å². The van der Waals surface area contributed by atoms with Crippen LogP contribution in [0.4, 0.5) is 0 Å². The van der Waals surface area contributed by atoms with Gasteiger partial charge in [-0.1, -0.05) is 78.9 Å². The fourth-order valence-electron chi connectivity index (χ4n) is 3.93. The Morgan fingerprint density at radius 3 is 1.27 bits per heavy atom. The Kier molecular flexibility index (Phi) is 14.7. The molecule has 0 spiro atoms. The fraction of sp³-hybridized carbons (Fsp3) is 0.111. The second kappa shape index (κ2) is 19.1. The third-order valence-corrected chi connectivity index (χ3v) is 10.1. The van der Waals surface area contributed by atoms with Crippen LogP contribution in [0.15, 0.2) is 141 Å². The van der Waals surface area contributed by atoms with E-state index in [0.29, 0.717) is 11.1 Å². The van der Waals surface area contributed by atoms with Crippen molar-refractivity contribution < 1.29 is 54.4 Å². The smallest absolute Gasteiger partial charge is 0.404 e. The van der Waals surface area contributed by atoms with Crippen LogP contribution in [0.5, 0.6) is 28.7 Å². The van der Waals surface area contributed by atoms with E-state index >= 15 is 0 Å². The Labute approximate surface area is 297 Å². The molecule has 4 aromatic rings. The van der Waals surface area contributed by atoms with Gasteiger partial charge in [0.2, 0.25) is 0 Å². The lowest BCUT2D eigenvalue weighted by atomic mass is 10.1. The molecule has 51 heavy (non-hydrogen) atoms. The molecule has 15 heteroatoms. The first kappa shape index (κ1) is 39.2. The highest BCUT2D eigenvalue weighted by molar-refractivity contribution is 7.49. The number of phosphoric ester groups is 3. The zero-order valence-electron chi connectivity index (χ0n) is 27.7. The van der Waals surface area contributed by atoms with Crippen LogP contribution in [0.1, 0.15) is 11.1 Å². The molecule has 4 aromatic carbocycles. The summed E-state index contributed by atoms with van der Waals surface area (Å²) in [6.07, 6.45) is 7.63.